The largest absolute Gasteiger partial charge is 0.416 e. The average Bonchev–Trinajstić information content (AvgIpc) is 2.91. The van der Waals surface area contributed by atoms with Crippen LogP contribution in [0.25, 0.3) is 5.69 Å². The smallest absolute Gasteiger partial charge is 0.386 e. The zero-order chi connectivity index (χ0) is 14.8. The molecular formula is C12H10ClF3N4. The van der Waals surface area contributed by atoms with Gasteiger partial charge in [0, 0.05) is 12.4 Å². The molecule has 2 aromatic rings. The van der Waals surface area contributed by atoms with Crippen LogP contribution in [0.15, 0.2) is 41.9 Å². The van der Waals surface area contributed by atoms with Gasteiger partial charge >= 0.3 is 6.18 Å². The summed E-state index contributed by atoms with van der Waals surface area (Å²) in [7, 11) is 0. The summed E-state index contributed by atoms with van der Waals surface area (Å²) in [6.45, 7) is 0. The van der Waals surface area contributed by atoms with Crippen LogP contribution in [-0.4, -0.2) is 21.3 Å². The molecule has 2 rings (SSSR count). The minimum absolute atomic E-state index is 0.0346. The van der Waals surface area contributed by atoms with Gasteiger partial charge in [-0.2, -0.15) is 13.2 Å². The van der Waals surface area contributed by atoms with Crippen LogP contribution in [0.1, 0.15) is 5.56 Å². The molecule has 0 aliphatic rings. The first-order valence-electron chi connectivity index (χ1n) is 5.50. The van der Waals surface area contributed by atoms with Crippen molar-refractivity contribution in [3.05, 3.63) is 42.5 Å². The molecule has 1 heterocycles. The summed E-state index contributed by atoms with van der Waals surface area (Å²) in [6, 6.07) is 3.21. The first-order chi connectivity index (χ1) is 9.41. The number of nitrogens with zero attached hydrogens (tertiary/aromatic N) is 3. The Kier molecular flexibility index (Phi) is 3.99. The SMILES string of the molecule is NC(CCl)=Nc1cc(C(F)(F)F)ccc1-n1ccnc1. The van der Waals surface area contributed by atoms with Crippen LogP contribution in [-0.2, 0) is 6.18 Å². The molecule has 0 atom stereocenters. The van der Waals surface area contributed by atoms with Crippen molar-refractivity contribution in [3.63, 3.8) is 0 Å². The minimum atomic E-state index is -4.45. The Morgan fingerprint density at radius 2 is 2.15 bits per heavy atom. The molecule has 0 aliphatic carbocycles. The van der Waals surface area contributed by atoms with Gasteiger partial charge in [0.05, 0.1) is 29.1 Å². The summed E-state index contributed by atoms with van der Waals surface area (Å²) in [5.41, 5.74) is 5.21. The lowest BCUT2D eigenvalue weighted by atomic mass is 10.1. The normalized spacial score (nSPS) is 12.7. The first-order valence-corrected chi connectivity index (χ1v) is 6.04. The lowest BCUT2D eigenvalue weighted by molar-refractivity contribution is -0.137. The Labute approximate surface area is 117 Å². The molecule has 0 saturated carbocycles. The number of hydrogen-bond donors (Lipinski definition) is 1. The van der Waals surface area contributed by atoms with E-state index >= 15 is 0 Å². The highest BCUT2D eigenvalue weighted by molar-refractivity contribution is 6.28. The maximum absolute atomic E-state index is 12.7. The molecule has 1 aromatic carbocycles. The van der Waals surface area contributed by atoms with Crippen molar-refractivity contribution in [2.45, 2.75) is 6.18 Å². The number of aliphatic imine (C=N–C) groups is 1. The zero-order valence-corrected chi connectivity index (χ0v) is 10.9. The van der Waals surface area contributed by atoms with Crippen LogP contribution in [0.3, 0.4) is 0 Å². The van der Waals surface area contributed by atoms with E-state index in [2.05, 4.69) is 9.98 Å². The Hall–Kier alpha value is -2.02. The van der Waals surface area contributed by atoms with Gasteiger partial charge in [-0.15, -0.1) is 11.6 Å². The maximum atomic E-state index is 12.7. The lowest BCUT2D eigenvalue weighted by Gasteiger charge is -2.12. The highest BCUT2D eigenvalue weighted by Crippen LogP contribution is 2.34. The number of nitrogens with two attached hydrogens (primary N) is 1. The molecule has 0 fully saturated rings. The number of amidine groups is 1. The van der Waals surface area contributed by atoms with Crippen molar-refractivity contribution in [1.29, 1.82) is 0 Å². The third kappa shape index (κ3) is 3.11. The van der Waals surface area contributed by atoms with E-state index in [0.717, 1.165) is 12.1 Å². The van der Waals surface area contributed by atoms with E-state index in [1.807, 2.05) is 0 Å². The van der Waals surface area contributed by atoms with Crippen LogP contribution in [0.2, 0.25) is 0 Å². The van der Waals surface area contributed by atoms with Crippen LogP contribution < -0.4 is 5.73 Å². The van der Waals surface area contributed by atoms with E-state index in [1.54, 1.807) is 10.8 Å². The molecular weight excluding hydrogens is 293 g/mol. The third-order valence-corrected chi connectivity index (χ3v) is 2.76. The standard InChI is InChI=1S/C12H10ClF3N4/c13-6-11(17)19-9-5-8(12(14,15)16)1-2-10(9)20-4-3-18-7-20/h1-5,7H,6H2,(H2,17,19). The molecule has 106 valence electrons. The molecule has 8 heteroatoms. The number of hydrogen-bond acceptors (Lipinski definition) is 2. The topological polar surface area (TPSA) is 56.2 Å². The molecule has 0 saturated heterocycles. The maximum Gasteiger partial charge on any atom is 0.416 e. The summed E-state index contributed by atoms with van der Waals surface area (Å²) >= 11 is 5.51. The Balaban J connectivity index is 2.58. The van der Waals surface area contributed by atoms with E-state index in [1.165, 1.54) is 18.6 Å². The highest BCUT2D eigenvalue weighted by Gasteiger charge is 2.31. The van der Waals surface area contributed by atoms with E-state index in [0.29, 0.717) is 5.69 Å². The van der Waals surface area contributed by atoms with E-state index in [9.17, 15) is 13.2 Å². The Bertz CT molecular complexity index is 620. The number of rotatable bonds is 3. The van der Waals surface area contributed by atoms with Crippen molar-refractivity contribution in [1.82, 2.24) is 9.55 Å². The average molecular weight is 303 g/mol. The van der Waals surface area contributed by atoms with E-state index in [4.69, 9.17) is 17.3 Å². The van der Waals surface area contributed by atoms with Gasteiger partial charge in [-0.05, 0) is 18.2 Å². The second-order valence-electron chi connectivity index (χ2n) is 3.91. The summed E-state index contributed by atoms with van der Waals surface area (Å²) in [5.74, 6) is -0.0352. The predicted molar refractivity (Wildman–Crippen MR) is 70.6 cm³/mol. The van der Waals surface area contributed by atoms with Gasteiger partial charge < -0.3 is 10.3 Å². The van der Waals surface area contributed by atoms with Crippen molar-refractivity contribution in [2.75, 3.05) is 5.88 Å². The van der Waals surface area contributed by atoms with Gasteiger partial charge in [-0.3, -0.25) is 0 Å². The van der Waals surface area contributed by atoms with Crippen molar-refractivity contribution < 1.29 is 13.2 Å². The van der Waals surface area contributed by atoms with Gasteiger partial charge in [0.2, 0.25) is 0 Å². The summed E-state index contributed by atoms with van der Waals surface area (Å²) in [6.07, 6.45) is 0.112. The predicted octanol–water partition coefficient (Wildman–Crippen LogP) is 3.12. The molecule has 0 amide bonds. The highest BCUT2D eigenvalue weighted by atomic mass is 35.5. The fourth-order valence-corrected chi connectivity index (χ4v) is 1.65. The van der Waals surface area contributed by atoms with Crippen molar-refractivity contribution in [3.8, 4) is 5.69 Å². The van der Waals surface area contributed by atoms with E-state index in [-0.39, 0.29) is 17.4 Å². The van der Waals surface area contributed by atoms with Gasteiger partial charge in [-0.1, -0.05) is 0 Å². The van der Waals surface area contributed by atoms with Crippen molar-refractivity contribution >= 4 is 23.1 Å². The Morgan fingerprint density at radius 1 is 1.40 bits per heavy atom. The fourth-order valence-electron chi connectivity index (χ4n) is 1.59. The molecule has 0 bridgehead atoms. The second kappa shape index (κ2) is 5.54. The number of benzene rings is 1. The van der Waals surface area contributed by atoms with Gasteiger partial charge in [0.15, 0.2) is 0 Å². The van der Waals surface area contributed by atoms with Crippen molar-refractivity contribution in [2.24, 2.45) is 10.7 Å². The number of imidazole rings is 1. The van der Waals surface area contributed by atoms with Gasteiger partial charge in [0.1, 0.15) is 5.84 Å². The molecule has 2 N–H and O–H groups in total. The molecule has 20 heavy (non-hydrogen) atoms. The van der Waals surface area contributed by atoms with Crippen LogP contribution in [0.4, 0.5) is 18.9 Å². The number of alkyl halides is 4. The molecule has 0 unspecified atom stereocenters. The molecule has 0 spiro atoms. The molecule has 0 aliphatic heterocycles. The fraction of sp³-hybridized carbons (Fsp3) is 0.167. The minimum Gasteiger partial charge on any atom is -0.386 e. The third-order valence-electron chi connectivity index (χ3n) is 2.49. The van der Waals surface area contributed by atoms with Crippen LogP contribution >= 0.6 is 11.6 Å². The Morgan fingerprint density at radius 3 is 2.70 bits per heavy atom. The quantitative estimate of drug-likeness (QED) is 0.538. The molecule has 0 radical (unpaired) electrons. The summed E-state index contributed by atoms with van der Waals surface area (Å²) in [5, 5.41) is 0. The second-order valence-corrected chi connectivity index (χ2v) is 4.18. The van der Waals surface area contributed by atoms with Gasteiger partial charge in [0.25, 0.3) is 0 Å². The van der Waals surface area contributed by atoms with Gasteiger partial charge in [-0.25, -0.2) is 9.98 Å². The van der Waals surface area contributed by atoms with E-state index < -0.39 is 11.7 Å². The van der Waals surface area contributed by atoms with Crippen LogP contribution in [0.5, 0.6) is 0 Å². The molecule has 4 nitrogen and oxygen atoms in total. The molecule has 1 aromatic heterocycles. The lowest BCUT2D eigenvalue weighted by Crippen LogP contribution is -2.13. The summed E-state index contributed by atoms with van der Waals surface area (Å²) < 4.78 is 39.8. The zero-order valence-electron chi connectivity index (χ0n) is 10.1. The summed E-state index contributed by atoms with van der Waals surface area (Å²) in [4.78, 5) is 7.77. The van der Waals surface area contributed by atoms with Crippen LogP contribution in [0, 0.1) is 0 Å². The number of aromatic nitrogens is 2. The monoisotopic (exact) mass is 302 g/mol. The number of halogens is 4. The first kappa shape index (κ1) is 14.4.